The maximum atomic E-state index is 12.4. The number of aryl methyl sites for hydroxylation is 1. The van der Waals surface area contributed by atoms with Gasteiger partial charge in [-0.05, 0) is 12.5 Å². The Labute approximate surface area is 142 Å². The monoisotopic (exact) mass is 366 g/mol. The molecule has 8 nitrogen and oxygen atoms in total. The van der Waals surface area contributed by atoms with E-state index in [1.165, 1.54) is 17.8 Å². The van der Waals surface area contributed by atoms with Crippen LogP contribution < -0.4 is 9.46 Å². The molecule has 24 heavy (non-hydrogen) atoms. The molecule has 0 saturated heterocycles. The standard InChI is InChI=1S/C14H14N4O4S2/c1-3-9-8-23-14(16-9)24(20,21)17-13(19)11-7-15-18-5-4-10(22-2)6-12(11)18/h4-8H,3H2,1-2H3,(H,17,19). The summed E-state index contributed by atoms with van der Waals surface area (Å²) < 4.78 is 33.0. The van der Waals surface area contributed by atoms with Crippen LogP contribution in [0.2, 0.25) is 0 Å². The van der Waals surface area contributed by atoms with Gasteiger partial charge >= 0.3 is 0 Å². The van der Waals surface area contributed by atoms with E-state index in [0.717, 1.165) is 11.3 Å². The summed E-state index contributed by atoms with van der Waals surface area (Å²) >= 11 is 0.975. The molecule has 0 radical (unpaired) electrons. The molecule has 1 amide bonds. The lowest BCUT2D eigenvalue weighted by molar-refractivity contribution is 0.0983. The summed E-state index contributed by atoms with van der Waals surface area (Å²) in [6, 6.07) is 3.29. The van der Waals surface area contributed by atoms with E-state index in [0.29, 0.717) is 23.4 Å². The van der Waals surface area contributed by atoms with Gasteiger partial charge in [-0.2, -0.15) is 13.5 Å². The number of amides is 1. The predicted octanol–water partition coefficient (Wildman–Crippen LogP) is 1.48. The van der Waals surface area contributed by atoms with E-state index in [-0.39, 0.29) is 9.90 Å². The fourth-order valence-electron chi connectivity index (χ4n) is 2.06. The Hall–Kier alpha value is -2.46. The number of hydrogen-bond donors (Lipinski definition) is 1. The lowest BCUT2D eigenvalue weighted by atomic mass is 10.2. The van der Waals surface area contributed by atoms with E-state index < -0.39 is 15.9 Å². The van der Waals surface area contributed by atoms with Crippen LogP contribution in [0.25, 0.3) is 5.52 Å². The second kappa shape index (κ2) is 6.21. The Morgan fingerprint density at radius 1 is 1.46 bits per heavy atom. The second-order valence-corrected chi connectivity index (χ2v) is 7.56. The Bertz CT molecular complexity index is 1010. The van der Waals surface area contributed by atoms with Crippen LogP contribution in [0, 0.1) is 0 Å². The second-order valence-electron chi connectivity index (χ2n) is 4.85. The van der Waals surface area contributed by atoms with Crippen LogP contribution in [0.4, 0.5) is 0 Å². The first-order valence-electron chi connectivity index (χ1n) is 6.97. The van der Waals surface area contributed by atoms with Gasteiger partial charge in [-0.25, -0.2) is 14.2 Å². The van der Waals surface area contributed by atoms with E-state index in [1.54, 1.807) is 23.7 Å². The smallest absolute Gasteiger partial charge is 0.291 e. The van der Waals surface area contributed by atoms with Gasteiger partial charge in [0.05, 0.1) is 30.1 Å². The number of methoxy groups -OCH3 is 1. The zero-order valence-corrected chi connectivity index (χ0v) is 14.5. The summed E-state index contributed by atoms with van der Waals surface area (Å²) in [5.41, 5.74) is 1.23. The van der Waals surface area contributed by atoms with Crippen molar-refractivity contribution in [3.63, 3.8) is 0 Å². The highest BCUT2D eigenvalue weighted by Crippen LogP contribution is 2.19. The normalized spacial score (nSPS) is 11.6. The number of nitrogens with one attached hydrogen (secondary N) is 1. The topological polar surface area (TPSA) is 103 Å². The van der Waals surface area contributed by atoms with Gasteiger partial charge < -0.3 is 4.74 Å². The van der Waals surface area contributed by atoms with E-state index >= 15 is 0 Å². The van der Waals surface area contributed by atoms with Crippen LogP contribution in [0.5, 0.6) is 5.75 Å². The zero-order valence-electron chi connectivity index (χ0n) is 12.9. The minimum atomic E-state index is -4.02. The average molecular weight is 366 g/mol. The molecule has 3 aromatic heterocycles. The van der Waals surface area contributed by atoms with Gasteiger partial charge in [0.15, 0.2) is 0 Å². The first-order valence-corrected chi connectivity index (χ1v) is 9.34. The summed E-state index contributed by atoms with van der Waals surface area (Å²) in [6.45, 7) is 1.87. The molecule has 1 N–H and O–H groups in total. The van der Waals surface area contributed by atoms with Gasteiger partial charge in [0, 0.05) is 17.6 Å². The van der Waals surface area contributed by atoms with E-state index in [4.69, 9.17) is 4.74 Å². The maximum Gasteiger partial charge on any atom is 0.291 e. The molecule has 0 aliphatic heterocycles. The molecule has 0 aliphatic rings. The zero-order chi connectivity index (χ0) is 17.3. The van der Waals surface area contributed by atoms with Gasteiger partial charge in [-0.15, -0.1) is 11.3 Å². The molecule has 0 fully saturated rings. The molecule has 0 unspecified atom stereocenters. The van der Waals surface area contributed by atoms with Crippen LogP contribution in [-0.2, 0) is 16.4 Å². The van der Waals surface area contributed by atoms with Gasteiger partial charge in [-0.3, -0.25) is 4.79 Å². The van der Waals surface area contributed by atoms with Crippen molar-refractivity contribution in [2.24, 2.45) is 0 Å². The number of ether oxygens (including phenoxy) is 1. The molecule has 0 atom stereocenters. The van der Waals surface area contributed by atoms with Crippen molar-refractivity contribution in [2.45, 2.75) is 17.7 Å². The van der Waals surface area contributed by atoms with Crippen molar-refractivity contribution in [1.29, 1.82) is 0 Å². The quantitative estimate of drug-likeness (QED) is 0.734. The Morgan fingerprint density at radius 3 is 2.92 bits per heavy atom. The molecular formula is C14H14N4O4S2. The summed E-state index contributed by atoms with van der Waals surface area (Å²) in [4.78, 5) is 16.4. The van der Waals surface area contributed by atoms with Crippen LogP contribution in [-0.4, -0.2) is 36.0 Å². The molecule has 3 rings (SSSR count). The first kappa shape index (κ1) is 16.4. The van der Waals surface area contributed by atoms with Crippen molar-refractivity contribution < 1.29 is 17.9 Å². The number of hydrogen-bond acceptors (Lipinski definition) is 7. The number of carbonyl (C=O) groups is 1. The summed E-state index contributed by atoms with van der Waals surface area (Å²) in [7, 11) is -2.52. The predicted molar refractivity (Wildman–Crippen MR) is 87.9 cm³/mol. The molecule has 0 saturated carbocycles. The SMILES string of the molecule is CCc1csc(S(=O)(=O)NC(=O)c2cnn3ccc(OC)cc23)n1. The molecule has 0 aromatic carbocycles. The van der Waals surface area contributed by atoms with Gasteiger partial charge in [0.1, 0.15) is 5.75 Å². The van der Waals surface area contributed by atoms with Gasteiger partial charge in [-0.1, -0.05) is 6.92 Å². The third-order valence-electron chi connectivity index (χ3n) is 3.32. The van der Waals surface area contributed by atoms with E-state index in [2.05, 4.69) is 10.1 Å². The number of pyridine rings is 1. The molecule has 0 bridgehead atoms. The fourth-order valence-corrected chi connectivity index (χ4v) is 4.14. The number of carbonyl (C=O) groups excluding carboxylic acids is 1. The maximum absolute atomic E-state index is 12.4. The van der Waals surface area contributed by atoms with E-state index in [1.807, 2.05) is 11.6 Å². The minimum absolute atomic E-state index is 0.129. The van der Waals surface area contributed by atoms with E-state index in [9.17, 15) is 13.2 Å². The average Bonchev–Trinajstić information content (AvgIpc) is 3.20. The van der Waals surface area contributed by atoms with Crippen molar-refractivity contribution in [1.82, 2.24) is 19.3 Å². The Balaban J connectivity index is 1.92. The van der Waals surface area contributed by atoms with Crippen molar-refractivity contribution in [3.8, 4) is 5.75 Å². The number of sulfonamides is 1. The highest BCUT2D eigenvalue weighted by atomic mass is 32.2. The largest absolute Gasteiger partial charge is 0.497 e. The molecule has 3 heterocycles. The van der Waals surface area contributed by atoms with Crippen LogP contribution in [0.1, 0.15) is 23.0 Å². The van der Waals surface area contributed by atoms with Gasteiger partial charge in [0.25, 0.3) is 15.9 Å². The van der Waals surface area contributed by atoms with Crippen LogP contribution in [0.15, 0.2) is 34.2 Å². The number of thiazole rings is 1. The summed E-state index contributed by atoms with van der Waals surface area (Å²) in [5, 5.41) is 5.68. The molecule has 3 aromatic rings. The summed E-state index contributed by atoms with van der Waals surface area (Å²) in [6.07, 6.45) is 3.54. The molecule has 126 valence electrons. The number of nitrogens with zero attached hydrogens (tertiary/aromatic N) is 3. The molecular weight excluding hydrogens is 352 g/mol. The molecule has 0 aliphatic carbocycles. The van der Waals surface area contributed by atoms with Gasteiger partial charge in [0.2, 0.25) is 4.34 Å². The Kier molecular flexibility index (Phi) is 4.24. The minimum Gasteiger partial charge on any atom is -0.497 e. The van der Waals surface area contributed by atoms with Crippen molar-refractivity contribution in [3.05, 3.63) is 41.2 Å². The number of aromatic nitrogens is 3. The lowest BCUT2D eigenvalue weighted by Gasteiger charge is -2.04. The highest BCUT2D eigenvalue weighted by molar-refractivity contribution is 7.92. The van der Waals surface area contributed by atoms with Crippen LogP contribution >= 0.6 is 11.3 Å². The van der Waals surface area contributed by atoms with Crippen LogP contribution in [0.3, 0.4) is 0 Å². The fraction of sp³-hybridized carbons (Fsp3) is 0.214. The summed E-state index contributed by atoms with van der Waals surface area (Å²) in [5.74, 6) is -0.237. The van der Waals surface area contributed by atoms with Crippen molar-refractivity contribution in [2.75, 3.05) is 7.11 Å². The number of fused-ring (bicyclic) bond motifs is 1. The van der Waals surface area contributed by atoms with Crippen molar-refractivity contribution >= 4 is 32.8 Å². The molecule has 10 heteroatoms. The molecule has 0 spiro atoms. The third-order valence-corrected chi connectivity index (χ3v) is 5.96. The lowest BCUT2D eigenvalue weighted by Crippen LogP contribution is -2.30. The Morgan fingerprint density at radius 2 is 2.25 bits per heavy atom. The first-order chi connectivity index (χ1) is 11.4. The number of rotatable bonds is 5. The third kappa shape index (κ3) is 2.97. The highest BCUT2D eigenvalue weighted by Gasteiger charge is 2.24.